The Balaban J connectivity index is 1.56. The molecule has 1 fully saturated rings. The number of anilines is 2. The van der Waals surface area contributed by atoms with E-state index in [1.165, 1.54) is 5.56 Å². The maximum absolute atomic E-state index is 10.3. The summed E-state index contributed by atoms with van der Waals surface area (Å²) in [6.45, 7) is 0.603. The molecule has 0 bridgehead atoms. The third kappa shape index (κ3) is 3.99. The molecule has 166 valence electrons. The van der Waals surface area contributed by atoms with E-state index in [1.807, 2.05) is 29.2 Å². The normalized spacial score (nSPS) is 22.6. The predicted octanol–water partition coefficient (Wildman–Crippen LogP) is 2.67. The summed E-state index contributed by atoms with van der Waals surface area (Å²) >= 11 is 0. The average Bonchev–Trinajstić information content (AvgIpc) is 3.22. The van der Waals surface area contributed by atoms with Crippen molar-refractivity contribution in [2.45, 2.75) is 43.9 Å². The minimum absolute atomic E-state index is 0.0613. The molecular formula is C24H27N5O3. The fraction of sp³-hybridized carbons (Fsp3) is 0.375. The van der Waals surface area contributed by atoms with Crippen molar-refractivity contribution in [2.75, 3.05) is 23.4 Å². The van der Waals surface area contributed by atoms with Crippen LogP contribution in [0.4, 0.5) is 11.9 Å². The van der Waals surface area contributed by atoms with E-state index in [1.54, 1.807) is 18.2 Å². The van der Waals surface area contributed by atoms with Crippen molar-refractivity contribution in [1.29, 1.82) is 0 Å². The fourth-order valence-electron chi connectivity index (χ4n) is 4.69. The Bertz CT molecular complexity index is 1110. The zero-order chi connectivity index (χ0) is 22.1. The SMILES string of the molecule is OC[C@H]1c2ccccc2CCN1c1nc(NC2CCCC2O)nc(-c2cccc(O)c2)n1. The van der Waals surface area contributed by atoms with Crippen molar-refractivity contribution < 1.29 is 15.3 Å². The Hall–Kier alpha value is -3.23. The summed E-state index contributed by atoms with van der Waals surface area (Å²) in [7, 11) is 0. The number of fused-ring (bicyclic) bond motifs is 1. The van der Waals surface area contributed by atoms with E-state index in [-0.39, 0.29) is 24.4 Å². The van der Waals surface area contributed by atoms with Crippen molar-refractivity contribution in [3.05, 3.63) is 59.7 Å². The minimum Gasteiger partial charge on any atom is -0.508 e. The molecule has 8 nitrogen and oxygen atoms in total. The van der Waals surface area contributed by atoms with Crippen LogP contribution in [0.2, 0.25) is 0 Å². The quantitative estimate of drug-likeness (QED) is 0.486. The smallest absolute Gasteiger partial charge is 0.231 e. The number of rotatable bonds is 5. The van der Waals surface area contributed by atoms with Gasteiger partial charge in [-0.1, -0.05) is 36.4 Å². The summed E-state index contributed by atoms with van der Waals surface area (Å²) in [6.07, 6.45) is 2.94. The monoisotopic (exact) mass is 433 g/mol. The highest BCUT2D eigenvalue weighted by atomic mass is 16.3. The van der Waals surface area contributed by atoms with Gasteiger partial charge in [0.1, 0.15) is 5.75 Å². The van der Waals surface area contributed by atoms with Gasteiger partial charge in [-0.05, 0) is 48.9 Å². The van der Waals surface area contributed by atoms with Gasteiger partial charge in [-0.2, -0.15) is 15.0 Å². The molecule has 0 spiro atoms. The van der Waals surface area contributed by atoms with Crippen molar-refractivity contribution in [2.24, 2.45) is 0 Å². The van der Waals surface area contributed by atoms with E-state index >= 15 is 0 Å². The van der Waals surface area contributed by atoms with Gasteiger partial charge in [0.05, 0.1) is 24.8 Å². The Morgan fingerprint density at radius 1 is 1.03 bits per heavy atom. The van der Waals surface area contributed by atoms with Gasteiger partial charge in [0.15, 0.2) is 5.82 Å². The lowest BCUT2D eigenvalue weighted by atomic mass is 9.93. The van der Waals surface area contributed by atoms with Crippen LogP contribution in [0.1, 0.15) is 36.4 Å². The molecule has 2 aromatic carbocycles. The van der Waals surface area contributed by atoms with Crippen LogP contribution in [0.3, 0.4) is 0 Å². The highest BCUT2D eigenvalue weighted by molar-refractivity contribution is 5.61. The molecule has 3 atom stereocenters. The topological polar surface area (TPSA) is 115 Å². The van der Waals surface area contributed by atoms with Crippen LogP contribution in [0.5, 0.6) is 5.75 Å². The van der Waals surface area contributed by atoms with Crippen LogP contribution >= 0.6 is 0 Å². The first-order chi connectivity index (χ1) is 15.6. The largest absolute Gasteiger partial charge is 0.508 e. The zero-order valence-corrected chi connectivity index (χ0v) is 17.7. The molecule has 2 unspecified atom stereocenters. The van der Waals surface area contributed by atoms with Crippen LogP contribution in [0.15, 0.2) is 48.5 Å². The van der Waals surface area contributed by atoms with E-state index in [9.17, 15) is 15.3 Å². The van der Waals surface area contributed by atoms with E-state index in [0.717, 1.165) is 31.2 Å². The number of aliphatic hydroxyl groups excluding tert-OH is 2. The summed E-state index contributed by atoms with van der Waals surface area (Å²) in [5.74, 6) is 1.40. The van der Waals surface area contributed by atoms with Crippen LogP contribution < -0.4 is 10.2 Å². The van der Waals surface area contributed by atoms with Crippen LogP contribution in [0.25, 0.3) is 11.4 Å². The van der Waals surface area contributed by atoms with E-state index < -0.39 is 6.10 Å². The number of nitrogens with one attached hydrogen (secondary N) is 1. The molecule has 0 amide bonds. The molecule has 1 saturated carbocycles. The standard InChI is InChI=1S/C24H27N5O3/c30-14-20-18-8-2-1-5-15(18)11-12-29(20)24-27-22(16-6-3-7-17(31)13-16)26-23(28-24)25-19-9-4-10-21(19)32/h1-3,5-8,13,19-21,30-32H,4,9-12,14H2,(H,25,26,27,28)/t19?,20-,21?/m0/s1. The van der Waals surface area contributed by atoms with Crippen molar-refractivity contribution in [3.63, 3.8) is 0 Å². The Labute approximate surface area is 186 Å². The number of hydrogen-bond donors (Lipinski definition) is 4. The van der Waals surface area contributed by atoms with Crippen LogP contribution in [-0.4, -0.2) is 55.6 Å². The van der Waals surface area contributed by atoms with Crippen molar-refractivity contribution >= 4 is 11.9 Å². The second-order valence-electron chi connectivity index (χ2n) is 8.42. The van der Waals surface area contributed by atoms with Gasteiger partial charge < -0.3 is 25.5 Å². The number of aromatic hydroxyl groups is 1. The number of hydrogen-bond acceptors (Lipinski definition) is 8. The maximum atomic E-state index is 10.3. The molecule has 2 aliphatic rings. The second-order valence-corrected chi connectivity index (χ2v) is 8.42. The van der Waals surface area contributed by atoms with Gasteiger partial charge in [-0.3, -0.25) is 0 Å². The number of phenolic OH excluding ortho intramolecular Hbond substituents is 1. The molecule has 2 heterocycles. The lowest BCUT2D eigenvalue weighted by Crippen LogP contribution is -2.39. The first-order valence-electron chi connectivity index (χ1n) is 11.1. The molecule has 8 heteroatoms. The Morgan fingerprint density at radius 3 is 2.69 bits per heavy atom. The summed E-state index contributed by atoms with van der Waals surface area (Å²) in [6, 6.07) is 14.5. The fourth-order valence-corrected chi connectivity index (χ4v) is 4.69. The van der Waals surface area contributed by atoms with E-state index in [4.69, 9.17) is 4.98 Å². The predicted molar refractivity (Wildman–Crippen MR) is 122 cm³/mol. The van der Waals surface area contributed by atoms with Crippen LogP contribution in [-0.2, 0) is 6.42 Å². The Kier molecular flexibility index (Phi) is 5.63. The third-order valence-electron chi connectivity index (χ3n) is 6.36. The summed E-state index contributed by atoms with van der Waals surface area (Å²) in [5.41, 5.74) is 2.96. The molecule has 32 heavy (non-hydrogen) atoms. The number of aromatic nitrogens is 3. The number of nitrogens with zero attached hydrogens (tertiary/aromatic N) is 4. The molecule has 3 aromatic rings. The first kappa shape index (κ1) is 20.7. The van der Waals surface area contributed by atoms with Crippen molar-refractivity contribution in [3.8, 4) is 17.1 Å². The molecular weight excluding hydrogens is 406 g/mol. The second kappa shape index (κ2) is 8.72. The zero-order valence-electron chi connectivity index (χ0n) is 17.7. The summed E-state index contributed by atoms with van der Waals surface area (Å²) < 4.78 is 0. The molecule has 0 radical (unpaired) electrons. The average molecular weight is 434 g/mol. The van der Waals surface area contributed by atoms with E-state index in [0.29, 0.717) is 29.8 Å². The highest BCUT2D eigenvalue weighted by Gasteiger charge is 2.30. The lowest BCUT2D eigenvalue weighted by Gasteiger charge is -2.36. The van der Waals surface area contributed by atoms with Gasteiger partial charge in [0.2, 0.25) is 11.9 Å². The summed E-state index contributed by atoms with van der Waals surface area (Å²) in [4.78, 5) is 16.0. The van der Waals surface area contributed by atoms with Gasteiger partial charge >= 0.3 is 0 Å². The first-order valence-corrected chi connectivity index (χ1v) is 11.1. The number of aliphatic hydroxyl groups is 2. The Morgan fingerprint density at radius 2 is 1.91 bits per heavy atom. The minimum atomic E-state index is -0.438. The molecule has 4 N–H and O–H groups in total. The van der Waals surface area contributed by atoms with Crippen molar-refractivity contribution in [1.82, 2.24) is 15.0 Å². The number of phenols is 1. The lowest BCUT2D eigenvalue weighted by molar-refractivity contribution is 0.171. The van der Waals surface area contributed by atoms with Gasteiger partial charge in [0, 0.05) is 12.1 Å². The molecule has 0 saturated heterocycles. The van der Waals surface area contributed by atoms with Gasteiger partial charge in [-0.25, -0.2) is 0 Å². The van der Waals surface area contributed by atoms with E-state index in [2.05, 4.69) is 21.4 Å². The molecule has 5 rings (SSSR count). The maximum Gasteiger partial charge on any atom is 0.231 e. The van der Waals surface area contributed by atoms with Gasteiger partial charge in [0.25, 0.3) is 0 Å². The molecule has 1 aliphatic heterocycles. The van der Waals surface area contributed by atoms with Gasteiger partial charge in [-0.15, -0.1) is 0 Å². The summed E-state index contributed by atoms with van der Waals surface area (Å²) in [5, 5.41) is 33.7. The molecule has 1 aliphatic carbocycles. The van der Waals surface area contributed by atoms with Crippen LogP contribution in [0, 0.1) is 0 Å². The third-order valence-corrected chi connectivity index (χ3v) is 6.36. The number of benzene rings is 2. The molecule has 1 aromatic heterocycles. The highest BCUT2D eigenvalue weighted by Crippen LogP contribution is 2.33.